The monoisotopic (exact) mass is 151 g/mol. The topological polar surface area (TPSA) is 69.1 Å². The molecule has 0 saturated carbocycles. The summed E-state index contributed by atoms with van der Waals surface area (Å²) in [5.74, 6) is 1.59. The fourth-order valence-electron chi connectivity index (χ4n) is 1.12. The van der Waals surface area contributed by atoms with Gasteiger partial charge < -0.3 is 5.73 Å². The van der Waals surface area contributed by atoms with Crippen molar-refractivity contribution in [2.45, 2.75) is 19.3 Å². The third-order valence-electron chi connectivity index (χ3n) is 1.79. The maximum absolute atomic E-state index is 5.50. The summed E-state index contributed by atoms with van der Waals surface area (Å²) in [5, 5.41) is 11.7. The molecule has 0 saturated heterocycles. The molecule has 0 spiro atoms. The van der Waals surface area contributed by atoms with E-state index in [4.69, 9.17) is 5.73 Å². The summed E-state index contributed by atoms with van der Waals surface area (Å²) in [7, 11) is 0. The third kappa shape index (κ3) is 0.806. The number of nitrogen functional groups attached to an aromatic ring is 1. The second-order valence-corrected chi connectivity index (χ2v) is 2.66. The largest absolute Gasteiger partial charge is 0.366 e. The fourth-order valence-corrected chi connectivity index (χ4v) is 1.12. The van der Waals surface area contributed by atoms with Crippen LogP contribution in [-0.2, 0) is 0 Å². The highest BCUT2D eigenvalue weighted by atomic mass is 15.5. The lowest BCUT2D eigenvalue weighted by Crippen LogP contribution is -2.10. The molecule has 1 aliphatic rings. The first-order valence-corrected chi connectivity index (χ1v) is 3.52. The molecule has 0 fully saturated rings. The number of fused-ring (bicyclic) bond motifs is 1. The van der Waals surface area contributed by atoms with Crippen LogP contribution in [0.15, 0.2) is 5.10 Å². The maximum Gasteiger partial charge on any atom is 0.243 e. The highest BCUT2D eigenvalue weighted by Crippen LogP contribution is 2.20. The van der Waals surface area contributed by atoms with Gasteiger partial charge in [0.05, 0.1) is 0 Å². The lowest BCUT2D eigenvalue weighted by atomic mass is 10.1. The standard InChI is InChI=1S/C6H9N5/c1-4-2-3-8-11-5(4)9-10-6(11)7/h3-4H,2H2,1H3,(H2,7,10). The third-order valence-corrected chi connectivity index (χ3v) is 1.79. The Hall–Kier alpha value is -1.39. The molecule has 2 heterocycles. The van der Waals surface area contributed by atoms with Crippen molar-refractivity contribution in [3.63, 3.8) is 0 Å². The van der Waals surface area contributed by atoms with Gasteiger partial charge in [-0.1, -0.05) is 6.92 Å². The van der Waals surface area contributed by atoms with Gasteiger partial charge in [-0.15, -0.1) is 10.2 Å². The Balaban J connectivity index is 2.57. The molecule has 1 aromatic rings. The predicted octanol–water partition coefficient (Wildman–Crippen LogP) is 0.201. The van der Waals surface area contributed by atoms with E-state index >= 15 is 0 Å². The van der Waals surface area contributed by atoms with Gasteiger partial charge in [0.25, 0.3) is 0 Å². The Morgan fingerprint density at radius 2 is 2.45 bits per heavy atom. The van der Waals surface area contributed by atoms with Crippen LogP contribution in [0.4, 0.5) is 5.95 Å². The van der Waals surface area contributed by atoms with E-state index in [0.29, 0.717) is 11.9 Å². The Bertz CT molecular complexity index is 300. The lowest BCUT2D eigenvalue weighted by Gasteiger charge is -2.11. The van der Waals surface area contributed by atoms with E-state index in [2.05, 4.69) is 22.2 Å². The Labute approximate surface area is 63.9 Å². The zero-order valence-corrected chi connectivity index (χ0v) is 6.23. The van der Waals surface area contributed by atoms with Crippen LogP contribution in [0.1, 0.15) is 25.1 Å². The van der Waals surface area contributed by atoms with Crippen LogP contribution >= 0.6 is 0 Å². The van der Waals surface area contributed by atoms with E-state index in [1.165, 1.54) is 0 Å². The first-order valence-electron chi connectivity index (χ1n) is 3.52. The molecule has 58 valence electrons. The fraction of sp³-hybridized carbons (Fsp3) is 0.500. The van der Waals surface area contributed by atoms with Crippen molar-refractivity contribution in [3.05, 3.63) is 5.82 Å². The Morgan fingerprint density at radius 1 is 1.64 bits per heavy atom. The minimum atomic E-state index is 0.364. The summed E-state index contributed by atoms with van der Waals surface area (Å²) in [4.78, 5) is 0. The zero-order chi connectivity index (χ0) is 7.84. The summed E-state index contributed by atoms with van der Waals surface area (Å²) < 4.78 is 1.58. The summed E-state index contributed by atoms with van der Waals surface area (Å²) in [5.41, 5.74) is 5.50. The second-order valence-electron chi connectivity index (χ2n) is 2.66. The normalized spacial score (nSPS) is 21.7. The minimum absolute atomic E-state index is 0.364. The van der Waals surface area contributed by atoms with Gasteiger partial charge in [0.15, 0.2) is 5.82 Å². The van der Waals surface area contributed by atoms with Crippen molar-refractivity contribution in [3.8, 4) is 0 Å². The Kier molecular flexibility index (Phi) is 1.18. The van der Waals surface area contributed by atoms with Crippen LogP contribution in [0.3, 0.4) is 0 Å². The van der Waals surface area contributed by atoms with Crippen LogP contribution in [0.5, 0.6) is 0 Å². The first-order chi connectivity index (χ1) is 5.29. The van der Waals surface area contributed by atoms with Crippen molar-refractivity contribution < 1.29 is 0 Å². The SMILES string of the molecule is CC1CC=Nn2c(N)nnc21. The molecule has 0 aliphatic carbocycles. The van der Waals surface area contributed by atoms with Gasteiger partial charge in [-0.05, 0) is 6.42 Å². The van der Waals surface area contributed by atoms with Crippen LogP contribution in [0, 0.1) is 0 Å². The molecule has 1 unspecified atom stereocenters. The molecular formula is C6H9N5. The molecule has 1 atom stereocenters. The van der Waals surface area contributed by atoms with Crippen LogP contribution < -0.4 is 5.73 Å². The average molecular weight is 151 g/mol. The van der Waals surface area contributed by atoms with Crippen molar-refractivity contribution >= 4 is 12.2 Å². The molecule has 0 amide bonds. The molecule has 0 radical (unpaired) electrons. The lowest BCUT2D eigenvalue weighted by molar-refractivity contribution is 0.649. The van der Waals surface area contributed by atoms with Gasteiger partial charge in [0.1, 0.15) is 0 Å². The van der Waals surface area contributed by atoms with E-state index in [1.807, 2.05) is 6.21 Å². The summed E-state index contributed by atoms with van der Waals surface area (Å²) in [6.07, 6.45) is 2.75. The average Bonchev–Trinajstić information content (AvgIpc) is 2.35. The quantitative estimate of drug-likeness (QED) is 0.576. The zero-order valence-electron chi connectivity index (χ0n) is 6.23. The highest BCUT2D eigenvalue weighted by molar-refractivity contribution is 5.60. The highest BCUT2D eigenvalue weighted by Gasteiger charge is 2.17. The molecule has 1 aromatic heterocycles. The molecule has 5 heteroatoms. The van der Waals surface area contributed by atoms with Gasteiger partial charge in [0, 0.05) is 12.1 Å². The molecule has 11 heavy (non-hydrogen) atoms. The van der Waals surface area contributed by atoms with E-state index in [9.17, 15) is 0 Å². The Morgan fingerprint density at radius 3 is 3.18 bits per heavy atom. The van der Waals surface area contributed by atoms with Crippen molar-refractivity contribution in [2.24, 2.45) is 5.10 Å². The first kappa shape index (κ1) is 6.33. The molecule has 0 bridgehead atoms. The number of rotatable bonds is 0. The van der Waals surface area contributed by atoms with Crippen molar-refractivity contribution in [1.82, 2.24) is 14.9 Å². The number of hydrogen-bond donors (Lipinski definition) is 1. The minimum Gasteiger partial charge on any atom is -0.366 e. The van der Waals surface area contributed by atoms with Gasteiger partial charge in [-0.3, -0.25) is 0 Å². The number of aromatic nitrogens is 3. The number of hydrogen-bond acceptors (Lipinski definition) is 4. The van der Waals surface area contributed by atoms with E-state index in [0.717, 1.165) is 12.2 Å². The predicted molar refractivity (Wildman–Crippen MR) is 41.4 cm³/mol. The number of anilines is 1. The molecule has 1 aliphatic heterocycles. The van der Waals surface area contributed by atoms with Gasteiger partial charge >= 0.3 is 0 Å². The van der Waals surface area contributed by atoms with Crippen LogP contribution in [0.25, 0.3) is 0 Å². The molecule has 2 N–H and O–H groups in total. The molecule has 0 aromatic carbocycles. The summed E-state index contributed by atoms with van der Waals surface area (Å²) >= 11 is 0. The molecule has 2 rings (SSSR count). The number of nitrogens with zero attached hydrogens (tertiary/aromatic N) is 4. The summed E-state index contributed by atoms with van der Waals surface area (Å²) in [6.45, 7) is 2.07. The van der Waals surface area contributed by atoms with Crippen LogP contribution in [-0.4, -0.2) is 21.1 Å². The van der Waals surface area contributed by atoms with Gasteiger partial charge in [-0.2, -0.15) is 9.78 Å². The molecule has 5 nitrogen and oxygen atoms in total. The van der Waals surface area contributed by atoms with E-state index < -0.39 is 0 Å². The van der Waals surface area contributed by atoms with E-state index in [1.54, 1.807) is 4.68 Å². The summed E-state index contributed by atoms with van der Waals surface area (Å²) in [6, 6.07) is 0. The number of nitrogens with two attached hydrogens (primary N) is 1. The van der Waals surface area contributed by atoms with Gasteiger partial charge in [0.2, 0.25) is 5.95 Å². The van der Waals surface area contributed by atoms with Crippen molar-refractivity contribution in [2.75, 3.05) is 5.73 Å². The smallest absolute Gasteiger partial charge is 0.243 e. The van der Waals surface area contributed by atoms with Crippen LogP contribution in [0.2, 0.25) is 0 Å². The second kappa shape index (κ2) is 2.05. The van der Waals surface area contributed by atoms with Gasteiger partial charge in [-0.25, -0.2) is 0 Å². The molecular weight excluding hydrogens is 142 g/mol. The van der Waals surface area contributed by atoms with E-state index in [-0.39, 0.29) is 0 Å². The van der Waals surface area contributed by atoms with Crippen molar-refractivity contribution in [1.29, 1.82) is 0 Å². The maximum atomic E-state index is 5.50.